The molecule has 28 nitrogen and oxygen atoms in total. The number of aliphatic hydroxyl groups is 17. The smallest absolute Gasteiger partial charge is 0.315 e. The molecule has 0 aromatic rings. The van der Waals surface area contributed by atoms with E-state index in [0.717, 1.165) is 0 Å². The molecule has 0 amide bonds. The van der Waals surface area contributed by atoms with Crippen molar-refractivity contribution in [3.63, 3.8) is 0 Å². The second-order valence-electron chi connectivity index (χ2n) is 23.3. The highest BCUT2D eigenvalue weighted by Gasteiger charge is 2.70. The Morgan fingerprint density at radius 2 is 1.04 bits per heavy atom. The van der Waals surface area contributed by atoms with Gasteiger partial charge >= 0.3 is 5.97 Å². The van der Waals surface area contributed by atoms with Crippen LogP contribution in [0, 0.1) is 28.1 Å². The Morgan fingerprint density at radius 1 is 0.564 bits per heavy atom. The number of aliphatic hydroxyl groups excluding tert-OH is 17. The average Bonchev–Trinajstić information content (AvgIpc) is 3.61. The number of hydrogen-bond acceptors (Lipinski definition) is 28. The molecule has 4 saturated heterocycles. The van der Waals surface area contributed by atoms with Crippen LogP contribution in [0.15, 0.2) is 23.7 Å². The zero-order chi connectivity index (χ0) is 56.7. The second kappa shape index (κ2) is 23.0. The van der Waals surface area contributed by atoms with Crippen molar-refractivity contribution in [1.29, 1.82) is 0 Å². The van der Waals surface area contributed by atoms with Crippen molar-refractivity contribution in [2.75, 3.05) is 33.0 Å². The molecule has 2 bridgehead atoms. The minimum absolute atomic E-state index is 0.0780. The summed E-state index contributed by atoms with van der Waals surface area (Å²) in [4.78, 5) is 14.9. The van der Waals surface area contributed by atoms with Crippen LogP contribution >= 0.6 is 0 Å². The Balaban J connectivity index is 0.970. The van der Waals surface area contributed by atoms with E-state index >= 15 is 0 Å². The third-order valence-electron chi connectivity index (χ3n) is 18.9. The number of carbonyl (C=O) groups excluding carboxylic acids is 1. The first kappa shape index (κ1) is 60.2. The SMILES string of the molecule is C=C1CC23CCC4C(C)(C(=O)OC5OC(CO)=C(O)C(O)C5OC5OC(CO)C(O)C(O)C5O)CCCC4(C)C2CCC1(OC1OC(CO)C(O)C(OC2OC(CO)C(O)C(O)C2O)C1OC1OC(CO)C(O)C(O)C1O)C3. The van der Waals surface area contributed by atoms with Gasteiger partial charge in [-0.1, -0.05) is 19.9 Å². The molecule has 0 aromatic carbocycles. The zero-order valence-corrected chi connectivity index (χ0v) is 43.1. The lowest BCUT2D eigenvalue weighted by Gasteiger charge is -2.64. The molecule has 0 radical (unpaired) electrons. The quantitative estimate of drug-likeness (QED) is 0.0412. The van der Waals surface area contributed by atoms with E-state index in [4.69, 9.17) is 47.4 Å². The van der Waals surface area contributed by atoms with Crippen LogP contribution in [0.25, 0.3) is 0 Å². The minimum atomic E-state index is -2.03. The molecule has 9 rings (SSSR count). The molecule has 28 heteroatoms. The van der Waals surface area contributed by atoms with Crippen LogP contribution in [0.2, 0.25) is 0 Å². The van der Waals surface area contributed by atoms with E-state index in [-0.39, 0.29) is 11.8 Å². The predicted molar refractivity (Wildman–Crippen MR) is 252 cm³/mol. The summed E-state index contributed by atoms with van der Waals surface area (Å²) in [7, 11) is 0. The van der Waals surface area contributed by atoms with Gasteiger partial charge in [0.2, 0.25) is 0 Å². The van der Waals surface area contributed by atoms with Gasteiger partial charge in [-0.3, -0.25) is 4.79 Å². The predicted octanol–water partition coefficient (Wildman–Crippen LogP) is -6.25. The fourth-order valence-corrected chi connectivity index (χ4v) is 14.7. The first-order chi connectivity index (χ1) is 36.9. The fourth-order valence-electron chi connectivity index (χ4n) is 14.7. The molecule has 17 N–H and O–H groups in total. The summed E-state index contributed by atoms with van der Waals surface area (Å²) >= 11 is 0. The van der Waals surface area contributed by atoms with Gasteiger partial charge in [0.1, 0.15) is 110 Å². The van der Waals surface area contributed by atoms with E-state index < -0.39 is 214 Å². The molecule has 446 valence electrons. The Hall–Kier alpha value is -2.41. The van der Waals surface area contributed by atoms with Crippen LogP contribution < -0.4 is 0 Å². The van der Waals surface area contributed by atoms with E-state index in [1.54, 1.807) is 6.92 Å². The van der Waals surface area contributed by atoms with Gasteiger partial charge < -0.3 is 134 Å². The molecule has 4 saturated carbocycles. The third kappa shape index (κ3) is 10.1. The highest BCUT2D eigenvalue weighted by Crippen LogP contribution is 2.74. The van der Waals surface area contributed by atoms with Crippen molar-refractivity contribution in [3.05, 3.63) is 23.7 Å². The van der Waals surface area contributed by atoms with Crippen molar-refractivity contribution in [2.24, 2.45) is 28.1 Å². The number of fused-ring (bicyclic) bond motifs is 3. The van der Waals surface area contributed by atoms with Crippen molar-refractivity contribution >= 4 is 5.97 Å². The van der Waals surface area contributed by atoms with Crippen LogP contribution in [0.4, 0.5) is 0 Å². The lowest BCUT2D eigenvalue weighted by atomic mass is 9.41. The van der Waals surface area contributed by atoms with Crippen molar-refractivity contribution < 1.29 is 139 Å². The van der Waals surface area contributed by atoms with Gasteiger partial charge in [0, 0.05) is 0 Å². The lowest BCUT2D eigenvalue weighted by Crippen LogP contribution is -2.68. The molecule has 0 aromatic heterocycles. The third-order valence-corrected chi connectivity index (χ3v) is 18.9. The topological polar surface area (TPSA) is 453 Å². The van der Waals surface area contributed by atoms with Crippen LogP contribution in [0.1, 0.15) is 71.6 Å². The van der Waals surface area contributed by atoms with Gasteiger partial charge in [0.05, 0.1) is 37.4 Å². The van der Waals surface area contributed by atoms with E-state index in [1.807, 2.05) is 0 Å². The maximum absolute atomic E-state index is 14.9. The van der Waals surface area contributed by atoms with Crippen LogP contribution in [-0.4, -0.2) is 273 Å². The number of esters is 1. The molecule has 5 aliphatic heterocycles. The van der Waals surface area contributed by atoms with E-state index in [1.165, 1.54) is 0 Å². The molecule has 78 heavy (non-hydrogen) atoms. The fraction of sp³-hybridized carbons (Fsp3) is 0.900. The Bertz CT molecular complexity index is 2150. The van der Waals surface area contributed by atoms with E-state index in [0.29, 0.717) is 63.4 Å². The van der Waals surface area contributed by atoms with Crippen molar-refractivity contribution in [3.8, 4) is 0 Å². The molecule has 29 atom stereocenters. The summed E-state index contributed by atoms with van der Waals surface area (Å²) in [6, 6.07) is 0. The average molecular weight is 1130 g/mol. The molecule has 29 unspecified atom stereocenters. The van der Waals surface area contributed by atoms with Crippen LogP contribution in [0.3, 0.4) is 0 Å². The van der Waals surface area contributed by atoms with E-state index in [2.05, 4.69) is 13.5 Å². The maximum atomic E-state index is 14.9. The standard InChI is InChI=1S/C50H78O28/c1-18-11-49-9-5-24-47(2,7-4-8-48(24,3)46(68)77-44-39(34(64)29(59)22(15-54)72-44)75-42-36(66)32(62)27(57)20(13-52)70-42)25(49)6-10-50(18,17-49)78-45-40(76-43-37(67)33(63)28(58)21(14-53)71-43)38(30(60)23(16-55)73-45)74-41-35(65)31(61)26(56)19(12-51)69-41/h19-21,23-28,30-45,51-67H,1,4-17H2,2-3H3. The first-order valence-corrected chi connectivity index (χ1v) is 26.6. The first-order valence-electron chi connectivity index (χ1n) is 26.6. The molecule has 5 heterocycles. The Labute approximate surface area is 447 Å². The normalized spacial score (nSPS) is 52.5. The largest absolute Gasteiger partial charge is 0.506 e. The number of rotatable bonds is 15. The minimum Gasteiger partial charge on any atom is -0.506 e. The molecule has 9 aliphatic rings. The summed E-state index contributed by atoms with van der Waals surface area (Å²) in [6.07, 6.45) is -37.1. The van der Waals surface area contributed by atoms with Crippen LogP contribution in [-0.2, 0) is 52.2 Å². The Morgan fingerprint density at radius 3 is 1.55 bits per heavy atom. The van der Waals surface area contributed by atoms with Gasteiger partial charge in [-0.2, -0.15) is 0 Å². The molecule has 4 aliphatic carbocycles. The molecule has 1 spiro atoms. The summed E-state index contributed by atoms with van der Waals surface area (Å²) in [6.45, 7) is 4.16. The summed E-state index contributed by atoms with van der Waals surface area (Å²) in [5.41, 5.74) is -2.85. The Kier molecular flexibility index (Phi) is 17.7. The number of ether oxygens (including phenoxy) is 10. The zero-order valence-electron chi connectivity index (χ0n) is 43.1. The second-order valence-corrected chi connectivity index (χ2v) is 23.3. The maximum Gasteiger partial charge on any atom is 0.315 e. The van der Waals surface area contributed by atoms with Gasteiger partial charge in [0.15, 0.2) is 42.8 Å². The number of hydrogen-bond donors (Lipinski definition) is 17. The van der Waals surface area contributed by atoms with Gasteiger partial charge in [-0.05, 0) is 86.5 Å². The van der Waals surface area contributed by atoms with Crippen molar-refractivity contribution in [2.45, 2.75) is 219 Å². The van der Waals surface area contributed by atoms with Gasteiger partial charge in [-0.25, -0.2) is 0 Å². The van der Waals surface area contributed by atoms with E-state index in [9.17, 15) is 91.6 Å². The highest BCUT2D eigenvalue weighted by atomic mass is 16.8. The van der Waals surface area contributed by atoms with Crippen molar-refractivity contribution in [1.82, 2.24) is 0 Å². The molecule has 8 fully saturated rings. The summed E-state index contributed by atoms with van der Waals surface area (Å²) < 4.78 is 60.1. The van der Waals surface area contributed by atoms with Gasteiger partial charge in [-0.15, -0.1) is 0 Å². The summed E-state index contributed by atoms with van der Waals surface area (Å²) in [5, 5.41) is 180. The summed E-state index contributed by atoms with van der Waals surface area (Å²) in [5.74, 6) is -2.59. The van der Waals surface area contributed by atoms with Crippen LogP contribution in [0.5, 0.6) is 0 Å². The number of carbonyl (C=O) groups is 1. The van der Waals surface area contributed by atoms with Gasteiger partial charge in [0.25, 0.3) is 6.29 Å². The highest BCUT2D eigenvalue weighted by molar-refractivity contribution is 5.77. The molecular formula is C50H78O28. The lowest BCUT2D eigenvalue weighted by molar-refractivity contribution is -0.400. The monoisotopic (exact) mass is 1130 g/mol. The molecular weight excluding hydrogens is 1050 g/mol.